The molecule has 0 saturated heterocycles. The topological polar surface area (TPSA) is 58.6 Å². The van der Waals surface area contributed by atoms with Gasteiger partial charge in [0.25, 0.3) is 0 Å². The molecule has 0 spiro atoms. The van der Waals surface area contributed by atoms with E-state index < -0.39 is 0 Å². The molecule has 2 amide bonds. The monoisotopic (exact) mass is 256 g/mol. The van der Waals surface area contributed by atoms with Crippen LogP contribution in [0.5, 0.6) is 0 Å². The number of hydrogen-bond acceptors (Lipinski definition) is 3. The maximum atomic E-state index is 12.0. The van der Waals surface area contributed by atoms with E-state index >= 15 is 0 Å². The standard InChI is InChI=1S/C13H24N2O3/c1-4-5-7-15(2)13(17)11-9-10(11)12(16)14-6-8-18-3/h10-11H,4-9H2,1-3H3,(H,14,16). The Labute approximate surface area is 109 Å². The van der Waals surface area contributed by atoms with Gasteiger partial charge in [-0.3, -0.25) is 9.59 Å². The Balaban J connectivity index is 2.26. The van der Waals surface area contributed by atoms with Crippen LogP contribution in [0.4, 0.5) is 0 Å². The lowest BCUT2D eigenvalue weighted by molar-refractivity contribution is -0.133. The average molecular weight is 256 g/mol. The van der Waals surface area contributed by atoms with E-state index in [0.29, 0.717) is 19.6 Å². The van der Waals surface area contributed by atoms with Crippen LogP contribution in [0.3, 0.4) is 0 Å². The van der Waals surface area contributed by atoms with Crippen molar-refractivity contribution >= 4 is 11.8 Å². The van der Waals surface area contributed by atoms with E-state index in [-0.39, 0.29) is 23.7 Å². The summed E-state index contributed by atoms with van der Waals surface area (Å²) in [6.07, 6.45) is 2.77. The predicted molar refractivity (Wildman–Crippen MR) is 69.0 cm³/mol. The molecule has 2 unspecified atom stereocenters. The van der Waals surface area contributed by atoms with Gasteiger partial charge in [-0.05, 0) is 12.8 Å². The molecule has 5 heteroatoms. The van der Waals surface area contributed by atoms with E-state index in [9.17, 15) is 9.59 Å². The number of nitrogens with zero attached hydrogens (tertiary/aromatic N) is 1. The number of carbonyl (C=O) groups excluding carboxylic acids is 2. The molecule has 1 N–H and O–H groups in total. The fraction of sp³-hybridized carbons (Fsp3) is 0.846. The smallest absolute Gasteiger partial charge is 0.226 e. The van der Waals surface area contributed by atoms with Gasteiger partial charge in [-0.2, -0.15) is 0 Å². The number of amides is 2. The Morgan fingerprint density at radius 1 is 1.39 bits per heavy atom. The van der Waals surface area contributed by atoms with Crippen molar-refractivity contribution in [1.29, 1.82) is 0 Å². The summed E-state index contributed by atoms with van der Waals surface area (Å²) in [5, 5.41) is 2.78. The summed E-state index contributed by atoms with van der Waals surface area (Å²) >= 11 is 0. The van der Waals surface area contributed by atoms with Crippen molar-refractivity contribution in [3.05, 3.63) is 0 Å². The fourth-order valence-electron chi connectivity index (χ4n) is 1.95. The van der Waals surface area contributed by atoms with Gasteiger partial charge < -0.3 is 15.0 Å². The molecule has 5 nitrogen and oxygen atoms in total. The number of nitrogens with one attached hydrogen (secondary N) is 1. The number of unbranched alkanes of at least 4 members (excludes halogenated alkanes) is 1. The molecule has 1 aliphatic rings. The molecule has 0 aromatic heterocycles. The van der Waals surface area contributed by atoms with E-state index in [1.165, 1.54) is 0 Å². The summed E-state index contributed by atoms with van der Waals surface area (Å²) in [7, 11) is 3.41. The summed E-state index contributed by atoms with van der Waals surface area (Å²) in [6, 6.07) is 0. The summed E-state index contributed by atoms with van der Waals surface area (Å²) in [4.78, 5) is 25.4. The molecule has 0 bridgehead atoms. The minimum absolute atomic E-state index is 0.0192. The van der Waals surface area contributed by atoms with Crippen LogP contribution in [0, 0.1) is 11.8 Å². The van der Waals surface area contributed by atoms with Crippen LogP contribution in [0.25, 0.3) is 0 Å². The minimum atomic E-state index is -0.126. The van der Waals surface area contributed by atoms with E-state index in [2.05, 4.69) is 12.2 Å². The lowest BCUT2D eigenvalue weighted by Gasteiger charge is -2.16. The Morgan fingerprint density at radius 2 is 2.11 bits per heavy atom. The Hall–Kier alpha value is -1.10. The van der Waals surface area contributed by atoms with Crippen molar-refractivity contribution in [1.82, 2.24) is 10.2 Å². The molecule has 1 fully saturated rings. The highest BCUT2D eigenvalue weighted by molar-refractivity contribution is 5.92. The third kappa shape index (κ3) is 4.29. The van der Waals surface area contributed by atoms with Gasteiger partial charge >= 0.3 is 0 Å². The molecular weight excluding hydrogens is 232 g/mol. The van der Waals surface area contributed by atoms with Gasteiger partial charge in [0, 0.05) is 27.2 Å². The SMILES string of the molecule is CCCCN(C)C(=O)C1CC1C(=O)NCCOC. The zero-order chi connectivity index (χ0) is 13.5. The number of hydrogen-bond donors (Lipinski definition) is 1. The molecular formula is C13H24N2O3. The number of rotatable bonds is 8. The van der Waals surface area contributed by atoms with Crippen LogP contribution >= 0.6 is 0 Å². The van der Waals surface area contributed by atoms with Crippen LogP contribution in [-0.2, 0) is 14.3 Å². The second kappa shape index (κ2) is 7.36. The van der Waals surface area contributed by atoms with Crippen molar-refractivity contribution in [2.75, 3.05) is 33.9 Å². The minimum Gasteiger partial charge on any atom is -0.383 e. The van der Waals surface area contributed by atoms with E-state index in [4.69, 9.17) is 4.74 Å². The molecule has 104 valence electrons. The molecule has 0 aliphatic heterocycles. The van der Waals surface area contributed by atoms with Gasteiger partial charge in [0.15, 0.2) is 0 Å². The van der Waals surface area contributed by atoms with Gasteiger partial charge in [-0.1, -0.05) is 13.3 Å². The maximum Gasteiger partial charge on any atom is 0.226 e. The highest BCUT2D eigenvalue weighted by Gasteiger charge is 2.48. The quantitative estimate of drug-likeness (QED) is 0.648. The summed E-state index contributed by atoms with van der Waals surface area (Å²) < 4.78 is 4.86. The first kappa shape index (κ1) is 15.0. The zero-order valence-electron chi connectivity index (χ0n) is 11.6. The Bertz CT molecular complexity index is 294. The number of ether oxygens (including phenoxy) is 1. The van der Waals surface area contributed by atoms with Gasteiger partial charge in [-0.15, -0.1) is 0 Å². The largest absolute Gasteiger partial charge is 0.383 e. The van der Waals surface area contributed by atoms with Gasteiger partial charge in [0.05, 0.1) is 18.4 Å². The Morgan fingerprint density at radius 3 is 2.72 bits per heavy atom. The van der Waals surface area contributed by atoms with Crippen LogP contribution < -0.4 is 5.32 Å². The van der Waals surface area contributed by atoms with Crippen molar-refractivity contribution < 1.29 is 14.3 Å². The van der Waals surface area contributed by atoms with Gasteiger partial charge in [0.2, 0.25) is 11.8 Å². The normalized spacial score (nSPS) is 21.5. The van der Waals surface area contributed by atoms with E-state index in [0.717, 1.165) is 19.4 Å². The van der Waals surface area contributed by atoms with Crippen molar-refractivity contribution in [2.24, 2.45) is 11.8 Å². The lowest BCUT2D eigenvalue weighted by atomic mass is 10.2. The zero-order valence-corrected chi connectivity index (χ0v) is 11.6. The average Bonchev–Trinajstić information content (AvgIpc) is 3.15. The van der Waals surface area contributed by atoms with E-state index in [1.54, 1.807) is 12.0 Å². The summed E-state index contributed by atoms with van der Waals surface area (Å²) in [5.41, 5.74) is 0. The van der Waals surface area contributed by atoms with Crippen LogP contribution in [0.1, 0.15) is 26.2 Å². The third-order valence-corrected chi connectivity index (χ3v) is 3.27. The molecule has 2 atom stereocenters. The lowest BCUT2D eigenvalue weighted by Crippen LogP contribution is -2.33. The first-order chi connectivity index (χ1) is 8.61. The molecule has 1 aliphatic carbocycles. The molecule has 0 heterocycles. The molecule has 0 aromatic carbocycles. The summed E-state index contributed by atoms with van der Waals surface area (Å²) in [5.74, 6) is -0.141. The second-order valence-corrected chi connectivity index (χ2v) is 4.85. The highest BCUT2D eigenvalue weighted by Crippen LogP contribution is 2.39. The molecule has 1 saturated carbocycles. The van der Waals surface area contributed by atoms with Gasteiger partial charge in [-0.25, -0.2) is 0 Å². The van der Waals surface area contributed by atoms with Crippen LogP contribution in [0.2, 0.25) is 0 Å². The number of carbonyl (C=O) groups is 2. The third-order valence-electron chi connectivity index (χ3n) is 3.27. The van der Waals surface area contributed by atoms with Gasteiger partial charge in [0.1, 0.15) is 0 Å². The second-order valence-electron chi connectivity index (χ2n) is 4.85. The Kier molecular flexibility index (Phi) is 6.12. The van der Waals surface area contributed by atoms with Crippen molar-refractivity contribution in [3.63, 3.8) is 0 Å². The molecule has 0 aromatic rings. The molecule has 1 rings (SSSR count). The number of methoxy groups -OCH3 is 1. The summed E-state index contributed by atoms with van der Waals surface area (Å²) in [6.45, 7) is 3.90. The van der Waals surface area contributed by atoms with Crippen molar-refractivity contribution in [3.8, 4) is 0 Å². The first-order valence-corrected chi connectivity index (χ1v) is 6.63. The molecule has 0 radical (unpaired) electrons. The van der Waals surface area contributed by atoms with E-state index in [1.807, 2.05) is 7.05 Å². The maximum absolute atomic E-state index is 12.0. The highest BCUT2D eigenvalue weighted by atomic mass is 16.5. The fourth-order valence-corrected chi connectivity index (χ4v) is 1.95. The molecule has 18 heavy (non-hydrogen) atoms. The first-order valence-electron chi connectivity index (χ1n) is 6.63. The van der Waals surface area contributed by atoms with Crippen LogP contribution in [-0.4, -0.2) is 50.6 Å². The van der Waals surface area contributed by atoms with Crippen molar-refractivity contribution in [2.45, 2.75) is 26.2 Å². The predicted octanol–water partition coefficient (Wildman–Crippen LogP) is 0.644. The van der Waals surface area contributed by atoms with Crippen LogP contribution in [0.15, 0.2) is 0 Å².